The Morgan fingerprint density at radius 2 is 2.35 bits per heavy atom. The van der Waals surface area contributed by atoms with Gasteiger partial charge in [0, 0.05) is 18.1 Å². The molecule has 2 rings (SSSR count). The number of morpholine rings is 1. The molecule has 1 saturated heterocycles. The zero-order valence-electron chi connectivity index (χ0n) is 11.6. The van der Waals surface area contributed by atoms with Crippen LogP contribution in [0, 0.1) is 0 Å². The number of benzene rings is 1. The molecule has 0 bridgehead atoms. The van der Waals surface area contributed by atoms with Crippen molar-refractivity contribution in [2.45, 2.75) is 19.1 Å². The molecule has 1 fully saturated rings. The third-order valence-electron chi connectivity index (χ3n) is 3.44. The minimum absolute atomic E-state index is 0.0591. The summed E-state index contributed by atoms with van der Waals surface area (Å²) in [5.74, 6) is -0.0591. The topological polar surface area (TPSA) is 61.8 Å². The maximum absolute atomic E-state index is 11.9. The van der Waals surface area contributed by atoms with Crippen LogP contribution in [0.2, 0.25) is 0 Å². The molecule has 5 nitrogen and oxygen atoms in total. The molecule has 6 heteroatoms. The summed E-state index contributed by atoms with van der Waals surface area (Å²) >= 11 is 3.52. The molecule has 1 aliphatic rings. The van der Waals surface area contributed by atoms with Crippen molar-refractivity contribution in [2.75, 3.05) is 31.7 Å². The van der Waals surface area contributed by atoms with Crippen molar-refractivity contribution < 1.29 is 14.6 Å². The molecule has 1 amide bonds. The van der Waals surface area contributed by atoms with Crippen molar-refractivity contribution in [2.24, 2.45) is 0 Å². The van der Waals surface area contributed by atoms with Gasteiger partial charge in [0.1, 0.15) is 6.04 Å². The smallest absolute Gasteiger partial charge is 0.244 e. The molecule has 0 radical (unpaired) electrons. The Kier molecular flexibility index (Phi) is 5.01. The van der Waals surface area contributed by atoms with Gasteiger partial charge >= 0.3 is 0 Å². The molecule has 0 aromatic heterocycles. The lowest BCUT2D eigenvalue weighted by molar-refractivity contribution is -0.124. The Labute approximate surface area is 127 Å². The fraction of sp³-hybridized carbons (Fsp3) is 0.500. The largest absolute Gasteiger partial charge is 0.389 e. The third kappa shape index (κ3) is 3.13. The predicted octanol–water partition coefficient (Wildman–Crippen LogP) is 1.45. The number of likely N-dealkylation sites (N-methyl/N-ethyl adjacent to an activating group) is 1. The quantitative estimate of drug-likeness (QED) is 0.872. The van der Waals surface area contributed by atoms with Crippen molar-refractivity contribution in [3.63, 3.8) is 0 Å². The summed E-state index contributed by atoms with van der Waals surface area (Å²) < 4.78 is 6.27. The number of carbonyl (C=O) groups is 1. The number of anilines is 1. The summed E-state index contributed by atoms with van der Waals surface area (Å²) in [5.41, 5.74) is 1.77. The van der Waals surface area contributed by atoms with E-state index in [0.29, 0.717) is 19.8 Å². The lowest BCUT2D eigenvalue weighted by Crippen LogP contribution is -2.53. The minimum Gasteiger partial charge on any atom is -0.389 e. The van der Waals surface area contributed by atoms with E-state index in [2.05, 4.69) is 21.2 Å². The van der Waals surface area contributed by atoms with Gasteiger partial charge in [0.15, 0.2) is 0 Å². The number of hydrogen-bond donors (Lipinski definition) is 2. The molecule has 110 valence electrons. The number of amides is 1. The summed E-state index contributed by atoms with van der Waals surface area (Å²) in [6.45, 7) is 3.36. The molecular weight excluding hydrogens is 324 g/mol. The van der Waals surface area contributed by atoms with Crippen LogP contribution < -0.4 is 10.2 Å². The molecule has 1 aromatic carbocycles. The molecule has 1 aliphatic heterocycles. The van der Waals surface area contributed by atoms with Gasteiger partial charge in [-0.1, -0.05) is 6.07 Å². The maximum Gasteiger partial charge on any atom is 0.244 e. The monoisotopic (exact) mass is 342 g/mol. The molecule has 2 N–H and O–H groups in total. The molecule has 1 unspecified atom stereocenters. The van der Waals surface area contributed by atoms with E-state index in [1.165, 1.54) is 0 Å². The molecule has 20 heavy (non-hydrogen) atoms. The van der Waals surface area contributed by atoms with E-state index in [1.54, 1.807) is 14.0 Å². The summed E-state index contributed by atoms with van der Waals surface area (Å²) in [7, 11) is 1.63. The molecule has 0 saturated carbocycles. The molecule has 0 spiro atoms. The van der Waals surface area contributed by atoms with Crippen LogP contribution in [0.3, 0.4) is 0 Å². The summed E-state index contributed by atoms with van der Waals surface area (Å²) in [4.78, 5) is 14.0. The first-order valence-corrected chi connectivity index (χ1v) is 7.37. The van der Waals surface area contributed by atoms with Crippen LogP contribution in [-0.4, -0.2) is 43.9 Å². The van der Waals surface area contributed by atoms with E-state index >= 15 is 0 Å². The van der Waals surface area contributed by atoms with E-state index in [-0.39, 0.29) is 11.9 Å². The fourth-order valence-corrected chi connectivity index (χ4v) is 2.92. The highest BCUT2D eigenvalue weighted by Gasteiger charge is 2.30. The highest BCUT2D eigenvalue weighted by atomic mass is 79.9. The summed E-state index contributed by atoms with van der Waals surface area (Å²) in [5, 5.41) is 12.3. The van der Waals surface area contributed by atoms with Crippen LogP contribution >= 0.6 is 15.9 Å². The minimum atomic E-state index is -0.514. The second kappa shape index (κ2) is 6.56. The van der Waals surface area contributed by atoms with E-state index in [1.807, 2.05) is 23.1 Å². The van der Waals surface area contributed by atoms with Gasteiger partial charge in [0.25, 0.3) is 0 Å². The van der Waals surface area contributed by atoms with Gasteiger partial charge in [-0.05, 0) is 40.5 Å². The first-order chi connectivity index (χ1) is 9.54. The Hall–Kier alpha value is -1.11. The lowest BCUT2D eigenvalue weighted by atomic mass is 10.1. The van der Waals surface area contributed by atoms with E-state index in [9.17, 15) is 9.90 Å². The number of aliphatic hydroxyl groups is 1. The standard InChI is InChI=1S/C14H19BrN2O3/c1-9(18)10-3-4-12(11(15)7-10)17-5-6-20-8-13(17)14(19)16-2/h3-4,7,9,13,18H,5-6,8H2,1-2H3,(H,16,19)/t9-,13?/m1/s1. The van der Waals surface area contributed by atoms with E-state index < -0.39 is 6.10 Å². The van der Waals surface area contributed by atoms with Crippen molar-refractivity contribution in [3.8, 4) is 0 Å². The average molecular weight is 343 g/mol. The number of halogens is 1. The predicted molar refractivity (Wildman–Crippen MR) is 80.8 cm³/mol. The summed E-state index contributed by atoms with van der Waals surface area (Å²) in [6.07, 6.45) is -0.514. The Morgan fingerprint density at radius 3 is 2.95 bits per heavy atom. The summed E-state index contributed by atoms with van der Waals surface area (Å²) in [6, 6.07) is 5.35. The zero-order valence-corrected chi connectivity index (χ0v) is 13.2. The number of rotatable bonds is 3. The number of carbonyl (C=O) groups excluding carboxylic acids is 1. The average Bonchev–Trinajstić information content (AvgIpc) is 2.46. The SMILES string of the molecule is CNC(=O)C1COCCN1c1ccc([C@@H](C)O)cc1Br. The van der Waals surface area contributed by atoms with Gasteiger partial charge in [-0.3, -0.25) is 4.79 Å². The van der Waals surface area contributed by atoms with Gasteiger partial charge < -0.3 is 20.1 Å². The number of nitrogens with one attached hydrogen (secondary N) is 1. The van der Waals surface area contributed by atoms with Crippen LogP contribution in [0.25, 0.3) is 0 Å². The van der Waals surface area contributed by atoms with Crippen molar-refractivity contribution >= 4 is 27.5 Å². The van der Waals surface area contributed by atoms with Gasteiger partial charge in [0.05, 0.1) is 25.0 Å². The van der Waals surface area contributed by atoms with E-state index in [0.717, 1.165) is 15.7 Å². The molecule has 2 atom stereocenters. The number of ether oxygens (including phenoxy) is 1. The van der Waals surface area contributed by atoms with E-state index in [4.69, 9.17) is 4.74 Å². The van der Waals surface area contributed by atoms with Crippen molar-refractivity contribution in [3.05, 3.63) is 28.2 Å². The normalized spacial score (nSPS) is 20.6. The third-order valence-corrected chi connectivity index (χ3v) is 4.08. The molecular formula is C14H19BrN2O3. The highest BCUT2D eigenvalue weighted by Crippen LogP contribution is 2.31. The number of nitrogens with zero attached hydrogens (tertiary/aromatic N) is 1. The van der Waals surface area contributed by atoms with Gasteiger partial charge in [-0.2, -0.15) is 0 Å². The Balaban J connectivity index is 2.30. The van der Waals surface area contributed by atoms with Crippen molar-refractivity contribution in [1.29, 1.82) is 0 Å². The molecule has 1 heterocycles. The van der Waals surface area contributed by atoms with Gasteiger partial charge in [0.2, 0.25) is 5.91 Å². The van der Waals surface area contributed by atoms with Crippen LogP contribution in [0.1, 0.15) is 18.6 Å². The second-order valence-corrected chi connectivity index (χ2v) is 5.64. The van der Waals surface area contributed by atoms with Crippen molar-refractivity contribution in [1.82, 2.24) is 5.32 Å². The second-order valence-electron chi connectivity index (χ2n) is 4.79. The van der Waals surface area contributed by atoms with Gasteiger partial charge in [-0.15, -0.1) is 0 Å². The lowest BCUT2D eigenvalue weighted by Gasteiger charge is -2.36. The first kappa shape index (κ1) is 15.3. The Morgan fingerprint density at radius 1 is 1.60 bits per heavy atom. The van der Waals surface area contributed by atoms with Crippen LogP contribution in [-0.2, 0) is 9.53 Å². The fourth-order valence-electron chi connectivity index (χ4n) is 2.29. The number of aliphatic hydroxyl groups excluding tert-OH is 1. The first-order valence-electron chi connectivity index (χ1n) is 6.58. The maximum atomic E-state index is 11.9. The highest BCUT2D eigenvalue weighted by molar-refractivity contribution is 9.10. The number of hydrogen-bond acceptors (Lipinski definition) is 4. The molecule has 0 aliphatic carbocycles. The van der Waals surface area contributed by atoms with Gasteiger partial charge in [-0.25, -0.2) is 0 Å². The zero-order chi connectivity index (χ0) is 14.7. The van der Waals surface area contributed by atoms with Crippen LogP contribution in [0.15, 0.2) is 22.7 Å². The van der Waals surface area contributed by atoms with Crippen LogP contribution in [0.4, 0.5) is 5.69 Å². The molecule has 1 aromatic rings. The van der Waals surface area contributed by atoms with Crippen LogP contribution in [0.5, 0.6) is 0 Å². The Bertz CT molecular complexity index is 493.